The van der Waals surface area contributed by atoms with Crippen LogP contribution in [0.15, 0.2) is 22.6 Å². The number of hydrogen-bond acceptors (Lipinski definition) is 6. The monoisotopic (exact) mass is 314 g/mol. The van der Waals surface area contributed by atoms with Crippen LogP contribution in [0.25, 0.3) is 11.2 Å². The summed E-state index contributed by atoms with van der Waals surface area (Å²) in [6.45, 7) is 0. The number of benzene rings is 1. The van der Waals surface area contributed by atoms with Crippen molar-refractivity contribution in [1.29, 1.82) is 0 Å². The Balaban J connectivity index is 1.47. The van der Waals surface area contributed by atoms with Crippen molar-refractivity contribution >= 4 is 29.1 Å². The number of carboxylic acid groups (broad SMARTS) is 1. The molecule has 0 saturated heterocycles. The van der Waals surface area contributed by atoms with Gasteiger partial charge in [0, 0.05) is 6.07 Å². The third-order valence-corrected chi connectivity index (χ3v) is 5.00. The molecule has 4 atom stereocenters. The van der Waals surface area contributed by atoms with E-state index in [4.69, 9.17) is 13.9 Å². The fourth-order valence-electron chi connectivity index (χ4n) is 4.02. The molecule has 4 unspecified atom stereocenters. The predicted octanol–water partition coefficient (Wildman–Crippen LogP) is 1.83. The number of esters is 2. The molecule has 2 aromatic heterocycles. The van der Waals surface area contributed by atoms with Crippen LogP contribution in [0.4, 0.5) is 0 Å². The molecule has 23 heavy (non-hydrogen) atoms. The van der Waals surface area contributed by atoms with E-state index in [-0.39, 0.29) is 34.5 Å². The number of ether oxygens (including phenoxy) is 2. The molecule has 0 spiro atoms. The fourth-order valence-corrected chi connectivity index (χ4v) is 4.02. The minimum absolute atomic E-state index is 0.0653. The van der Waals surface area contributed by atoms with Crippen molar-refractivity contribution in [3.05, 3.63) is 23.8 Å². The Labute approximate surface area is 128 Å². The lowest BCUT2D eigenvalue weighted by atomic mass is 9.83. The van der Waals surface area contributed by atoms with Crippen LogP contribution in [0.3, 0.4) is 0 Å². The van der Waals surface area contributed by atoms with E-state index in [9.17, 15) is 19.5 Å². The number of furan rings is 2. The highest BCUT2D eigenvalue weighted by molar-refractivity contribution is 6.10. The van der Waals surface area contributed by atoms with Crippen LogP contribution in [-0.2, 0) is 9.59 Å². The molecule has 0 radical (unpaired) electrons. The van der Waals surface area contributed by atoms with E-state index in [1.54, 1.807) is 0 Å². The fraction of sp³-hybridized carbons (Fsp3) is 0.312. The van der Waals surface area contributed by atoms with E-state index < -0.39 is 29.7 Å². The van der Waals surface area contributed by atoms with Gasteiger partial charge in [0.1, 0.15) is 5.56 Å². The molecule has 0 amide bonds. The van der Waals surface area contributed by atoms with Gasteiger partial charge in [-0.25, -0.2) is 4.79 Å². The number of hydrogen-bond donors (Lipinski definition) is 1. The molecule has 7 heteroatoms. The second kappa shape index (κ2) is 3.92. The van der Waals surface area contributed by atoms with E-state index in [1.165, 1.54) is 6.07 Å². The van der Waals surface area contributed by atoms with E-state index in [2.05, 4.69) is 0 Å². The molecule has 1 saturated carbocycles. The summed E-state index contributed by atoms with van der Waals surface area (Å²) in [7, 11) is 0. The van der Waals surface area contributed by atoms with Crippen LogP contribution in [0.1, 0.15) is 16.8 Å². The molecular formula is C16H10O7. The van der Waals surface area contributed by atoms with Crippen molar-refractivity contribution in [1.82, 2.24) is 0 Å². The Morgan fingerprint density at radius 1 is 1.22 bits per heavy atom. The van der Waals surface area contributed by atoms with Crippen molar-refractivity contribution < 1.29 is 33.4 Å². The number of allylic oxidation sites excluding steroid dienone is 2. The molecule has 1 N–H and O–H groups in total. The minimum Gasteiger partial charge on any atom is -0.481 e. The molecular weight excluding hydrogens is 304 g/mol. The number of rotatable bonds is 3. The van der Waals surface area contributed by atoms with Crippen molar-refractivity contribution in [3.8, 4) is 11.5 Å². The molecule has 0 aromatic carbocycles. The van der Waals surface area contributed by atoms with Gasteiger partial charge in [-0.1, -0.05) is 12.2 Å². The Bertz CT molecular complexity index is 905. The van der Waals surface area contributed by atoms with Gasteiger partial charge in [0.2, 0.25) is 11.5 Å². The highest BCUT2D eigenvalue weighted by Gasteiger charge is 2.53. The summed E-state index contributed by atoms with van der Waals surface area (Å²) in [6, 6.07) is 1.46. The highest BCUT2D eigenvalue weighted by atomic mass is 16.6. The van der Waals surface area contributed by atoms with E-state index in [0.717, 1.165) is 0 Å². The number of aliphatic carboxylic acids is 1. The normalized spacial score (nSPS) is 30.3. The second-order valence-electron chi connectivity index (χ2n) is 6.16. The molecule has 1 fully saturated rings. The summed E-state index contributed by atoms with van der Waals surface area (Å²) in [6.07, 6.45) is 4.38. The maximum atomic E-state index is 12.5. The Hall–Kier alpha value is -2.83. The van der Waals surface area contributed by atoms with Gasteiger partial charge in [-0.2, -0.15) is 0 Å². The summed E-state index contributed by atoms with van der Waals surface area (Å²) in [5.41, 5.74) is 0.853. The van der Waals surface area contributed by atoms with Gasteiger partial charge in [0.25, 0.3) is 0 Å². The zero-order valence-electron chi connectivity index (χ0n) is 11.6. The molecule has 5 rings (SSSR count). The van der Waals surface area contributed by atoms with Gasteiger partial charge in [0.05, 0.1) is 11.8 Å². The predicted molar refractivity (Wildman–Crippen MR) is 73.3 cm³/mol. The number of carboxylic acids is 1. The summed E-state index contributed by atoms with van der Waals surface area (Å²) in [5, 5.41) is 9.39. The van der Waals surface area contributed by atoms with Gasteiger partial charge in [-0.05, 0) is 18.3 Å². The molecule has 116 valence electrons. The Kier molecular flexibility index (Phi) is 2.16. The lowest BCUT2D eigenvalue weighted by molar-refractivity contribution is -0.152. The standard InChI is InChI=1S/C16H10O7/c17-14(18)9-5-1-2-6(3-5)10(9)16(20)22-12-8-4-7-11(21-8)13(12)23-15(7)19/h1-2,4-6,9-10H,3H2,(H,17,18). The molecule has 2 aromatic rings. The number of carbonyl (C=O) groups is 3. The molecule has 3 aliphatic rings. The first-order valence-corrected chi connectivity index (χ1v) is 7.28. The van der Waals surface area contributed by atoms with Gasteiger partial charge < -0.3 is 19.0 Å². The van der Waals surface area contributed by atoms with Gasteiger partial charge in [-0.3, -0.25) is 9.59 Å². The number of carbonyl (C=O) groups excluding carboxylic acids is 2. The lowest BCUT2D eigenvalue weighted by Gasteiger charge is -2.22. The lowest BCUT2D eigenvalue weighted by Crippen LogP contribution is -2.35. The van der Waals surface area contributed by atoms with Crippen LogP contribution in [-0.4, -0.2) is 23.0 Å². The second-order valence-corrected chi connectivity index (χ2v) is 6.16. The Morgan fingerprint density at radius 2 is 1.96 bits per heavy atom. The SMILES string of the molecule is O=C1Oc2c(OC(=O)C3C4C=CC(C4)C3C(=O)O)c3cc1c2o3. The number of fused-ring (bicyclic) bond motifs is 3. The third-order valence-electron chi connectivity index (χ3n) is 5.00. The summed E-state index contributed by atoms with van der Waals surface area (Å²) < 4.78 is 15.8. The van der Waals surface area contributed by atoms with Crippen LogP contribution >= 0.6 is 0 Å². The maximum Gasteiger partial charge on any atom is 0.347 e. The van der Waals surface area contributed by atoms with Crippen molar-refractivity contribution in [2.24, 2.45) is 23.7 Å². The Morgan fingerprint density at radius 3 is 2.70 bits per heavy atom. The first-order chi connectivity index (χ1) is 11.0. The van der Waals surface area contributed by atoms with Gasteiger partial charge in [-0.15, -0.1) is 0 Å². The molecule has 4 bridgehead atoms. The average Bonchev–Trinajstić information content (AvgIpc) is 3.27. The van der Waals surface area contributed by atoms with Crippen molar-refractivity contribution in [3.63, 3.8) is 0 Å². The topological polar surface area (TPSA) is 103 Å². The summed E-state index contributed by atoms with van der Waals surface area (Å²) in [4.78, 5) is 35.6. The van der Waals surface area contributed by atoms with Gasteiger partial charge >= 0.3 is 17.9 Å². The molecule has 1 aliphatic heterocycles. The average molecular weight is 314 g/mol. The smallest absolute Gasteiger partial charge is 0.347 e. The van der Waals surface area contributed by atoms with Crippen LogP contribution < -0.4 is 9.47 Å². The van der Waals surface area contributed by atoms with Gasteiger partial charge in [0.15, 0.2) is 11.2 Å². The van der Waals surface area contributed by atoms with Crippen LogP contribution in [0.2, 0.25) is 0 Å². The van der Waals surface area contributed by atoms with Crippen LogP contribution in [0, 0.1) is 23.7 Å². The molecule has 7 nitrogen and oxygen atoms in total. The zero-order valence-corrected chi connectivity index (χ0v) is 11.6. The zero-order chi connectivity index (χ0) is 15.9. The molecule has 3 heterocycles. The minimum atomic E-state index is -0.998. The van der Waals surface area contributed by atoms with E-state index in [0.29, 0.717) is 12.0 Å². The highest BCUT2D eigenvalue weighted by Crippen LogP contribution is 2.52. The summed E-state index contributed by atoms with van der Waals surface area (Å²) >= 11 is 0. The third kappa shape index (κ3) is 1.46. The quantitative estimate of drug-likeness (QED) is 0.523. The maximum absolute atomic E-state index is 12.5. The molecule has 2 aliphatic carbocycles. The summed E-state index contributed by atoms with van der Waals surface area (Å²) in [5.74, 6) is -3.77. The first kappa shape index (κ1) is 12.7. The van der Waals surface area contributed by atoms with Crippen molar-refractivity contribution in [2.45, 2.75) is 6.42 Å². The first-order valence-electron chi connectivity index (χ1n) is 7.28. The largest absolute Gasteiger partial charge is 0.481 e. The van der Waals surface area contributed by atoms with E-state index in [1.807, 2.05) is 12.2 Å². The van der Waals surface area contributed by atoms with Crippen molar-refractivity contribution in [2.75, 3.05) is 0 Å². The van der Waals surface area contributed by atoms with Crippen LogP contribution in [0.5, 0.6) is 11.5 Å². The van der Waals surface area contributed by atoms with E-state index >= 15 is 0 Å².